The van der Waals surface area contributed by atoms with E-state index in [4.69, 9.17) is 37.7 Å². The Hall–Kier alpha value is -2.41. The van der Waals surface area contributed by atoms with Crippen LogP contribution in [0, 0.1) is 6.92 Å². The number of nitrogens with one attached hydrogen (secondary N) is 1. The fraction of sp³-hybridized carbons (Fsp3) is 0.158. The van der Waals surface area contributed by atoms with E-state index in [0.717, 1.165) is 16.5 Å². The lowest BCUT2D eigenvalue weighted by molar-refractivity contribution is 0.356. The maximum Gasteiger partial charge on any atom is 0.182 e. The normalized spacial score (nSPS) is 10.9. The maximum atomic E-state index is 9.75. The Labute approximate surface area is 176 Å². The molecule has 4 rings (SSSR count). The number of aromatic hydroxyl groups is 1. The molecular formula is C19H16Cl3N3O3. The molecule has 0 fully saturated rings. The second-order valence-electron chi connectivity index (χ2n) is 6.02. The van der Waals surface area contributed by atoms with Gasteiger partial charge in [-0.2, -0.15) is 5.10 Å². The molecule has 0 radical (unpaired) electrons. The number of rotatable bonds is 3. The Morgan fingerprint density at radius 3 is 2.46 bits per heavy atom. The van der Waals surface area contributed by atoms with Gasteiger partial charge in [0.2, 0.25) is 0 Å². The van der Waals surface area contributed by atoms with Crippen molar-refractivity contribution in [2.24, 2.45) is 0 Å². The van der Waals surface area contributed by atoms with Gasteiger partial charge >= 0.3 is 0 Å². The predicted molar refractivity (Wildman–Crippen MR) is 114 cm³/mol. The Balaban J connectivity index is 0.00000225. The van der Waals surface area contributed by atoms with Crippen LogP contribution in [0.3, 0.4) is 0 Å². The van der Waals surface area contributed by atoms with E-state index in [1.165, 1.54) is 13.2 Å². The number of hydrogen-bond acceptors (Lipinski definition) is 5. The molecule has 2 heterocycles. The van der Waals surface area contributed by atoms with E-state index < -0.39 is 0 Å². The van der Waals surface area contributed by atoms with Gasteiger partial charge in [0.05, 0.1) is 30.0 Å². The fourth-order valence-electron chi connectivity index (χ4n) is 3.22. The zero-order valence-corrected chi connectivity index (χ0v) is 17.5. The Bertz CT molecular complexity index is 1210. The second-order valence-corrected chi connectivity index (χ2v) is 6.81. The van der Waals surface area contributed by atoms with E-state index in [1.807, 2.05) is 13.0 Å². The number of phenolic OH excluding ortho intramolecular Hbond substituents is 1. The summed E-state index contributed by atoms with van der Waals surface area (Å²) in [4.78, 5) is 4.69. The fourth-order valence-corrected chi connectivity index (χ4v) is 3.77. The van der Waals surface area contributed by atoms with Gasteiger partial charge < -0.3 is 14.6 Å². The topological polar surface area (TPSA) is 80.3 Å². The first-order chi connectivity index (χ1) is 13.0. The summed E-state index contributed by atoms with van der Waals surface area (Å²) in [6.07, 6.45) is 0. The minimum atomic E-state index is -0.00763. The largest absolute Gasteiger partial charge is 0.506 e. The molecule has 2 aromatic carbocycles. The minimum Gasteiger partial charge on any atom is -0.506 e. The predicted octanol–water partition coefficient (Wildman–Crippen LogP) is 5.54. The van der Waals surface area contributed by atoms with Crippen molar-refractivity contribution in [1.82, 2.24) is 15.2 Å². The van der Waals surface area contributed by atoms with Crippen molar-refractivity contribution in [3.63, 3.8) is 0 Å². The third-order valence-electron chi connectivity index (χ3n) is 4.48. The van der Waals surface area contributed by atoms with Crippen LogP contribution in [-0.2, 0) is 0 Å². The lowest BCUT2D eigenvalue weighted by Crippen LogP contribution is -1.96. The van der Waals surface area contributed by atoms with Gasteiger partial charge in [-0.05, 0) is 31.2 Å². The van der Waals surface area contributed by atoms with Crippen LogP contribution in [0.5, 0.6) is 17.2 Å². The molecule has 2 N–H and O–H groups in total. The lowest BCUT2D eigenvalue weighted by atomic mass is 10.00. The average molecular weight is 441 g/mol. The molecule has 6 nitrogen and oxygen atoms in total. The van der Waals surface area contributed by atoms with Gasteiger partial charge in [0.1, 0.15) is 5.75 Å². The minimum absolute atomic E-state index is 0. The molecule has 0 amide bonds. The molecule has 0 unspecified atom stereocenters. The number of ether oxygens (including phenoxy) is 2. The van der Waals surface area contributed by atoms with Gasteiger partial charge in [-0.15, -0.1) is 12.4 Å². The summed E-state index contributed by atoms with van der Waals surface area (Å²) >= 11 is 12.8. The number of nitrogens with zero attached hydrogens (tertiary/aromatic N) is 2. The number of phenols is 1. The standard InChI is InChI=1S/C19H15Cl2N3O3.ClH/c1-8-14-10-7-13(26-2)18(27-3)16(21)15(10)17(22-19(14)24-23-8)9-4-5-12(25)11(20)6-9;/h4-7,25H,1-3H3,(H,22,23,24);1H. The number of aromatic amines is 1. The highest BCUT2D eigenvalue weighted by atomic mass is 35.5. The highest BCUT2D eigenvalue weighted by Gasteiger charge is 2.22. The first-order valence-electron chi connectivity index (χ1n) is 8.04. The molecular weight excluding hydrogens is 425 g/mol. The second kappa shape index (κ2) is 7.54. The van der Waals surface area contributed by atoms with Crippen molar-refractivity contribution < 1.29 is 14.6 Å². The zero-order valence-electron chi connectivity index (χ0n) is 15.1. The number of methoxy groups -OCH3 is 2. The highest BCUT2D eigenvalue weighted by Crippen LogP contribution is 2.46. The average Bonchev–Trinajstić information content (AvgIpc) is 3.04. The van der Waals surface area contributed by atoms with E-state index in [9.17, 15) is 5.11 Å². The Kier molecular flexibility index (Phi) is 5.48. The molecule has 0 aliphatic rings. The van der Waals surface area contributed by atoms with Gasteiger partial charge in [-0.25, -0.2) is 4.98 Å². The van der Waals surface area contributed by atoms with Crippen molar-refractivity contribution in [3.05, 3.63) is 40.0 Å². The Morgan fingerprint density at radius 1 is 1.07 bits per heavy atom. The molecule has 4 aromatic rings. The van der Waals surface area contributed by atoms with Crippen LogP contribution in [-0.4, -0.2) is 34.5 Å². The van der Waals surface area contributed by atoms with Crippen LogP contribution in [0.15, 0.2) is 24.3 Å². The molecule has 0 spiro atoms. The molecule has 28 heavy (non-hydrogen) atoms. The number of aryl methyl sites for hydroxylation is 1. The Morgan fingerprint density at radius 2 is 1.82 bits per heavy atom. The van der Waals surface area contributed by atoms with Gasteiger partial charge in [0.25, 0.3) is 0 Å². The summed E-state index contributed by atoms with van der Waals surface area (Å²) in [7, 11) is 3.09. The molecule has 0 aliphatic heterocycles. The van der Waals surface area contributed by atoms with E-state index in [-0.39, 0.29) is 23.2 Å². The van der Waals surface area contributed by atoms with E-state index in [0.29, 0.717) is 38.8 Å². The molecule has 0 atom stereocenters. The van der Waals surface area contributed by atoms with Crippen LogP contribution in [0.2, 0.25) is 10.0 Å². The number of aromatic nitrogens is 3. The smallest absolute Gasteiger partial charge is 0.182 e. The summed E-state index contributed by atoms with van der Waals surface area (Å²) < 4.78 is 10.9. The van der Waals surface area contributed by atoms with E-state index in [2.05, 4.69) is 10.2 Å². The summed E-state index contributed by atoms with van der Waals surface area (Å²) in [6, 6.07) is 6.73. The summed E-state index contributed by atoms with van der Waals surface area (Å²) in [6.45, 7) is 1.91. The summed E-state index contributed by atoms with van der Waals surface area (Å²) in [5, 5.41) is 20.0. The molecule has 9 heteroatoms. The molecule has 0 aliphatic carbocycles. The monoisotopic (exact) mass is 439 g/mol. The number of pyridine rings is 1. The van der Waals surface area contributed by atoms with Crippen LogP contribution in [0.1, 0.15) is 5.69 Å². The SMILES string of the molecule is COc1cc2c(c(-c3ccc(O)c(Cl)c3)nc3n[nH]c(C)c32)c(Cl)c1OC.Cl. The zero-order chi connectivity index (χ0) is 19.3. The highest BCUT2D eigenvalue weighted by molar-refractivity contribution is 6.39. The van der Waals surface area contributed by atoms with E-state index >= 15 is 0 Å². The third-order valence-corrected chi connectivity index (χ3v) is 5.15. The van der Waals surface area contributed by atoms with Crippen molar-refractivity contribution >= 4 is 57.4 Å². The number of halogens is 3. The van der Waals surface area contributed by atoms with Crippen molar-refractivity contribution in [2.75, 3.05) is 14.2 Å². The first-order valence-corrected chi connectivity index (χ1v) is 8.79. The summed E-state index contributed by atoms with van der Waals surface area (Å²) in [5.41, 5.74) is 2.68. The van der Waals surface area contributed by atoms with Crippen LogP contribution in [0.4, 0.5) is 0 Å². The molecule has 2 aromatic heterocycles. The lowest BCUT2D eigenvalue weighted by Gasteiger charge is -2.15. The van der Waals surface area contributed by atoms with Gasteiger partial charge in [-0.1, -0.05) is 23.2 Å². The van der Waals surface area contributed by atoms with Crippen LogP contribution < -0.4 is 9.47 Å². The number of hydrogen-bond donors (Lipinski definition) is 2. The van der Waals surface area contributed by atoms with Gasteiger partial charge in [0.15, 0.2) is 17.1 Å². The molecule has 146 valence electrons. The van der Waals surface area contributed by atoms with Gasteiger partial charge in [0, 0.05) is 27.4 Å². The van der Waals surface area contributed by atoms with Crippen LogP contribution >= 0.6 is 35.6 Å². The summed E-state index contributed by atoms with van der Waals surface area (Å²) in [5.74, 6) is 0.921. The number of fused-ring (bicyclic) bond motifs is 3. The quantitative estimate of drug-likeness (QED) is 0.437. The third kappa shape index (κ3) is 2.98. The van der Waals surface area contributed by atoms with Crippen molar-refractivity contribution in [2.45, 2.75) is 6.92 Å². The van der Waals surface area contributed by atoms with Crippen molar-refractivity contribution in [3.8, 4) is 28.5 Å². The number of H-pyrrole nitrogens is 1. The molecule has 0 bridgehead atoms. The van der Waals surface area contributed by atoms with Crippen molar-refractivity contribution in [1.29, 1.82) is 0 Å². The maximum absolute atomic E-state index is 9.75. The number of benzene rings is 2. The molecule has 0 saturated heterocycles. The van der Waals surface area contributed by atoms with Crippen LogP contribution in [0.25, 0.3) is 33.1 Å². The molecule has 0 saturated carbocycles. The first kappa shape index (κ1) is 20.3. The van der Waals surface area contributed by atoms with E-state index in [1.54, 1.807) is 19.2 Å². The van der Waals surface area contributed by atoms with Gasteiger partial charge in [-0.3, -0.25) is 5.10 Å².